The third-order valence-corrected chi connectivity index (χ3v) is 5.68. The number of nitrogens with one attached hydrogen (secondary N) is 1. The van der Waals surface area contributed by atoms with E-state index in [2.05, 4.69) is 20.3 Å². The summed E-state index contributed by atoms with van der Waals surface area (Å²) in [5.74, 6) is 0.0289. The van der Waals surface area contributed by atoms with Gasteiger partial charge in [0.05, 0.1) is 20.9 Å². The van der Waals surface area contributed by atoms with E-state index < -0.39 is 25.5 Å². The first-order valence-corrected chi connectivity index (χ1v) is 11.1. The van der Waals surface area contributed by atoms with Crippen LogP contribution in [0.15, 0.2) is 59.5 Å². The van der Waals surface area contributed by atoms with E-state index in [4.69, 9.17) is 28.3 Å². The highest BCUT2D eigenvalue weighted by atomic mass is 35.5. The minimum Gasteiger partial charge on any atom is -0.338 e. The molecular weight excluding hydrogens is 479 g/mol. The van der Waals surface area contributed by atoms with Crippen molar-refractivity contribution in [3.63, 3.8) is 0 Å². The highest BCUT2D eigenvalue weighted by Gasteiger charge is 2.29. The first kappa shape index (κ1) is 21.8. The van der Waals surface area contributed by atoms with Gasteiger partial charge in [0.2, 0.25) is 10.0 Å². The monoisotopic (exact) mass is 490 g/mol. The molecule has 0 aliphatic heterocycles. The average molecular weight is 491 g/mol. The molecule has 32 heavy (non-hydrogen) atoms. The Hall–Kier alpha value is -3.38. The number of fused-ring (bicyclic) bond motifs is 1. The smallest absolute Gasteiger partial charge is 0.280 e. The number of nitro benzene ring substituents is 1. The van der Waals surface area contributed by atoms with Crippen LogP contribution in [0, 0.1) is 10.1 Å². The lowest BCUT2D eigenvalue weighted by Gasteiger charge is -2.14. The van der Waals surface area contributed by atoms with Crippen molar-refractivity contribution < 1.29 is 13.3 Å². The molecule has 10 nitrogen and oxygen atoms in total. The molecule has 2 heterocycles. The predicted molar refractivity (Wildman–Crippen MR) is 121 cm³/mol. The average Bonchev–Trinajstić information content (AvgIpc) is 2.71. The Morgan fingerprint density at radius 2 is 1.56 bits per heavy atom. The first-order chi connectivity index (χ1) is 15.1. The van der Waals surface area contributed by atoms with E-state index in [1.54, 1.807) is 24.3 Å². The van der Waals surface area contributed by atoms with Crippen LogP contribution in [-0.4, -0.2) is 28.3 Å². The molecule has 0 unspecified atom stereocenters. The van der Waals surface area contributed by atoms with Gasteiger partial charge < -0.3 is 5.32 Å². The van der Waals surface area contributed by atoms with Crippen LogP contribution in [0.2, 0.25) is 10.3 Å². The van der Waals surface area contributed by atoms with E-state index in [1.165, 1.54) is 24.3 Å². The van der Waals surface area contributed by atoms with E-state index in [0.29, 0.717) is 16.7 Å². The molecule has 0 aliphatic carbocycles. The fraction of sp³-hybridized carbons (Fsp3) is 0. The van der Waals surface area contributed by atoms with Gasteiger partial charge in [-0.2, -0.15) is 0 Å². The van der Waals surface area contributed by atoms with Crippen LogP contribution >= 0.6 is 23.2 Å². The number of nitrogens with zero attached hydrogens (tertiary/aromatic N) is 4. The Morgan fingerprint density at radius 1 is 0.938 bits per heavy atom. The van der Waals surface area contributed by atoms with Gasteiger partial charge >= 0.3 is 0 Å². The lowest BCUT2D eigenvalue weighted by atomic mass is 10.1. The van der Waals surface area contributed by atoms with Gasteiger partial charge in [-0.1, -0.05) is 41.4 Å². The zero-order valence-electron chi connectivity index (χ0n) is 15.9. The fourth-order valence-electron chi connectivity index (χ4n) is 3.08. The van der Waals surface area contributed by atoms with E-state index in [1.807, 2.05) is 0 Å². The molecule has 0 radical (unpaired) electrons. The third kappa shape index (κ3) is 4.32. The molecule has 2 aromatic carbocycles. The largest absolute Gasteiger partial charge is 0.338 e. The van der Waals surface area contributed by atoms with Gasteiger partial charge in [-0.05, 0) is 30.3 Å². The van der Waals surface area contributed by atoms with Crippen molar-refractivity contribution in [2.45, 2.75) is 4.90 Å². The molecule has 4 aromatic rings. The zero-order valence-corrected chi connectivity index (χ0v) is 18.2. The maximum Gasteiger partial charge on any atom is 0.280 e. The van der Waals surface area contributed by atoms with Crippen molar-refractivity contribution in [2.24, 2.45) is 5.14 Å². The molecule has 3 N–H and O–H groups in total. The molecule has 0 atom stereocenters. The van der Waals surface area contributed by atoms with Gasteiger partial charge in [-0.3, -0.25) is 10.1 Å². The van der Waals surface area contributed by atoms with Crippen molar-refractivity contribution in [1.29, 1.82) is 0 Å². The molecule has 0 spiro atoms. The molecule has 13 heteroatoms. The number of para-hydroxylation sites is 2. The number of rotatable bonds is 5. The fourth-order valence-corrected chi connectivity index (χ4v) is 4.30. The second kappa shape index (κ2) is 8.28. The van der Waals surface area contributed by atoms with Crippen molar-refractivity contribution in [3.8, 4) is 11.3 Å². The van der Waals surface area contributed by atoms with Crippen molar-refractivity contribution in [2.75, 3.05) is 5.32 Å². The number of hydrogen-bond acceptors (Lipinski definition) is 8. The van der Waals surface area contributed by atoms with Gasteiger partial charge in [0.1, 0.15) is 21.6 Å². The molecular formula is C19H12Cl2N6O4S. The van der Waals surface area contributed by atoms with E-state index in [-0.39, 0.29) is 27.4 Å². The maximum atomic E-state index is 12.3. The summed E-state index contributed by atoms with van der Waals surface area (Å²) < 4.78 is 24.5. The molecule has 0 fully saturated rings. The summed E-state index contributed by atoms with van der Waals surface area (Å²) in [7, 11) is -4.35. The van der Waals surface area contributed by atoms with Crippen LogP contribution in [0.1, 0.15) is 0 Å². The van der Waals surface area contributed by atoms with Gasteiger partial charge in [-0.25, -0.2) is 28.5 Å². The topological polar surface area (TPSA) is 154 Å². The summed E-state index contributed by atoms with van der Waals surface area (Å²) in [6.45, 7) is 0. The highest BCUT2D eigenvalue weighted by Crippen LogP contribution is 2.39. The third-order valence-electron chi connectivity index (χ3n) is 4.34. The molecule has 0 aliphatic rings. The minimum atomic E-state index is -4.35. The van der Waals surface area contributed by atoms with Crippen LogP contribution in [-0.2, 0) is 10.0 Å². The number of benzene rings is 2. The number of pyridine rings is 1. The number of nitrogens with two attached hydrogens (primary N) is 1. The number of aromatic nitrogens is 3. The number of halogens is 2. The minimum absolute atomic E-state index is 0.0289. The van der Waals surface area contributed by atoms with Crippen LogP contribution in [0.25, 0.3) is 22.3 Å². The SMILES string of the molecule is NS(=O)(=O)c1cccc([N+](=O)[O-])c1-c1nc2ccccc2nc1Nc1cc(Cl)nc(Cl)c1. The van der Waals surface area contributed by atoms with Gasteiger partial charge in [-0.15, -0.1) is 0 Å². The lowest BCUT2D eigenvalue weighted by Crippen LogP contribution is -2.15. The normalized spacial score (nSPS) is 11.5. The Bertz CT molecular complexity index is 1480. The summed E-state index contributed by atoms with van der Waals surface area (Å²) in [6.07, 6.45) is 0. The standard InChI is InChI=1S/C19H12Cl2N6O4S/c20-15-8-10(9-16(21)26-15)23-19-18(24-11-4-1-2-5-12(11)25-19)17-13(27(28)29)6-3-7-14(17)32(22,30)31/h1-9H,(H2,22,30,31)(H,23,25,26). The quantitative estimate of drug-likeness (QED) is 0.238. The maximum absolute atomic E-state index is 12.3. The molecule has 0 amide bonds. The van der Waals surface area contributed by atoms with Crippen LogP contribution in [0.3, 0.4) is 0 Å². The van der Waals surface area contributed by atoms with Crippen LogP contribution in [0.5, 0.6) is 0 Å². The highest BCUT2D eigenvalue weighted by molar-refractivity contribution is 7.89. The molecule has 162 valence electrons. The molecule has 0 saturated carbocycles. The van der Waals surface area contributed by atoms with Gasteiger partial charge in [0.25, 0.3) is 5.69 Å². The molecule has 0 saturated heterocycles. The summed E-state index contributed by atoms with van der Waals surface area (Å²) in [6, 6.07) is 13.2. The van der Waals surface area contributed by atoms with Crippen molar-refractivity contribution in [3.05, 3.63) is 75.0 Å². The molecule has 0 bridgehead atoms. The Kier molecular flexibility index (Phi) is 5.65. The number of anilines is 2. The van der Waals surface area contributed by atoms with Crippen molar-refractivity contribution >= 4 is 61.5 Å². The lowest BCUT2D eigenvalue weighted by molar-refractivity contribution is -0.384. The van der Waals surface area contributed by atoms with Gasteiger partial charge in [0, 0.05) is 11.8 Å². The zero-order chi connectivity index (χ0) is 23.0. The molecule has 2 aromatic heterocycles. The number of hydrogen-bond donors (Lipinski definition) is 2. The Labute approximate surface area is 191 Å². The number of nitro groups is 1. The van der Waals surface area contributed by atoms with E-state index in [0.717, 1.165) is 6.07 Å². The second-order valence-corrected chi connectivity index (χ2v) is 8.79. The van der Waals surface area contributed by atoms with Crippen LogP contribution < -0.4 is 10.5 Å². The molecule has 4 rings (SSSR count). The first-order valence-electron chi connectivity index (χ1n) is 8.81. The number of primary sulfonamides is 1. The number of sulfonamides is 1. The Morgan fingerprint density at radius 3 is 2.16 bits per heavy atom. The van der Waals surface area contributed by atoms with Gasteiger partial charge in [0.15, 0.2) is 5.82 Å². The summed E-state index contributed by atoms with van der Waals surface area (Å²) in [5, 5.41) is 20.2. The summed E-state index contributed by atoms with van der Waals surface area (Å²) >= 11 is 11.9. The van der Waals surface area contributed by atoms with Crippen molar-refractivity contribution in [1.82, 2.24) is 15.0 Å². The van der Waals surface area contributed by atoms with Crippen LogP contribution in [0.4, 0.5) is 17.2 Å². The second-order valence-electron chi connectivity index (χ2n) is 6.49. The van der Waals surface area contributed by atoms with E-state index in [9.17, 15) is 18.5 Å². The summed E-state index contributed by atoms with van der Waals surface area (Å²) in [4.78, 5) is 23.4. The Balaban J connectivity index is 2.07. The summed E-state index contributed by atoms with van der Waals surface area (Å²) in [5.41, 5.74) is 0.306. The predicted octanol–water partition coefficient (Wildman–Crippen LogP) is 4.30. The van der Waals surface area contributed by atoms with E-state index >= 15 is 0 Å².